The zero-order valence-corrected chi connectivity index (χ0v) is 13.6. The third-order valence-corrected chi connectivity index (χ3v) is 3.86. The van der Waals surface area contributed by atoms with Gasteiger partial charge in [0.05, 0.1) is 11.3 Å². The number of nitrogens with one attached hydrogen (secondary N) is 1. The van der Waals surface area contributed by atoms with E-state index in [-0.39, 0.29) is 5.91 Å². The molecule has 0 radical (unpaired) electrons. The van der Waals surface area contributed by atoms with Gasteiger partial charge in [0.2, 0.25) is 0 Å². The summed E-state index contributed by atoms with van der Waals surface area (Å²) in [6.45, 7) is 0.903. The van der Waals surface area contributed by atoms with E-state index in [1.165, 1.54) is 0 Å². The highest BCUT2D eigenvalue weighted by Crippen LogP contribution is 2.34. The summed E-state index contributed by atoms with van der Waals surface area (Å²) in [5, 5.41) is 7.26. The molecule has 4 rings (SSSR count). The lowest BCUT2D eigenvalue weighted by Crippen LogP contribution is -2.20. The second-order valence-corrected chi connectivity index (χ2v) is 5.54. The molecule has 7 nitrogen and oxygen atoms in total. The fourth-order valence-corrected chi connectivity index (χ4v) is 2.66. The standard InChI is InChI=1S/C18H16N4O3/c1-22-16(11-14(21-22)13-6-2-3-8-19-13)20-18(23)12-5-4-7-15-17(12)25-10-9-24-15/h2-8,11H,9-10H2,1H3,(H,20,23). The van der Waals surface area contributed by atoms with Gasteiger partial charge in [-0.15, -0.1) is 0 Å². The number of amides is 1. The van der Waals surface area contributed by atoms with Crippen LogP contribution in [0.4, 0.5) is 5.82 Å². The predicted octanol–water partition coefficient (Wildman–Crippen LogP) is 2.51. The van der Waals surface area contributed by atoms with Crippen LogP contribution in [0, 0.1) is 0 Å². The molecule has 0 saturated heterocycles. The van der Waals surface area contributed by atoms with Crippen LogP contribution in [0.5, 0.6) is 11.5 Å². The lowest BCUT2D eigenvalue weighted by molar-refractivity contribution is 0.101. The van der Waals surface area contributed by atoms with Crippen molar-refractivity contribution in [1.29, 1.82) is 0 Å². The molecule has 2 aromatic heterocycles. The molecule has 3 heterocycles. The Morgan fingerprint density at radius 2 is 2.00 bits per heavy atom. The second kappa shape index (κ2) is 6.27. The normalized spacial score (nSPS) is 12.7. The number of nitrogens with zero attached hydrogens (tertiary/aromatic N) is 3. The first-order valence-corrected chi connectivity index (χ1v) is 7.88. The highest BCUT2D eigenvalue weighted by Gasteiger charge is 2.21. The molecular weight excluding hydrogens is 320 g/mol. The Morgan fingerprint density at radius 3 is 2.84 bits per heavy atom. The Balaban J connectivity index is 1.61. The number of anilines is 1. The Hall–Kier alpha value is -3.35. The van der Waals surface area contributed by atoms with Crippen LogP contribution < -0.4 is 14.8 Å². The summed E-state index contributed by atoms with van der Waals surface area (Å²) >= 11 is 0. The SMILES string of the molecule is Cn1nc(-c2ccccn2)cc1NC(=O)c1cccc2c1OCCO2. The van der Waals surface area contributed by atoms with E-state index in [1.54, 1.807) is 42.2 Å². The smallest absolute Gasteiger partial charge is 0.260 e. The number of fused-ring (bicyclic) bond motifs is 1. The van der Waals surface area contributed by atoms with E-state index in [0.29, 0.717) is 41.8 Å². The predicted molar refractivity (Wildman–Crippen MR) is 91.8 cm³/mol. The fourth-order valence-electron chi connectivity index (χ4n) is 2.66. The van der Waals surface area contributed by atoms with Crippen molar-refractivity contribution in [1.82, 2.24) is 14.8 Å². The molecule has 7 heteroatoms. The number of hydrogen-bond donors (Lipinski definition) is 1. The molecule has 1 aliphatic heterocycles. The van der Waals surface area contributed by atoms with Gasteiger partial charge in [0.1, 0.15) is 24.7 Å². The van der Waals surface area contributed by atoms with Crippen LogP contribution in [0.2, 0.25) is 0 Å². The van der Waals surface area contributed by atoms with Crippen LogP contribution in [0.3, 0.4) is 0 Å². The molecule has 0 unspecified atom stereocenters. The van der Waals surface area contributed by atoms with Crippen molar-refractivity contribution in [3.63, 3.8) is 0 Å². The molecule has 0 spiro atoms. The summed E-state index contributed by atoms with van der Waals surface area (Å²) in [4.78, 5) is 17.0. The van der Waals surface area contributed by atoms with Gasteiger partial charge in [-0.25, -0.2) is 0 Å². The summed E-state index contributed by atoms with van der Waals surface area (Å²) < 4.78 is 12.7. The number of ether oxygens (including phenoxy) is 2. The molecule has 126 valence electrons. The van der Waals surface area contributed by atoms with E-state index in [2.05, 4.69) is 15.4 Å². The van der Waals surface area contributed by atoms with Gasteiger partial charge in [-0.05, 0) is 24.3 Å². The average Bonchev–Trinajstić information content (AvgIpc) is 3.02. The van der Waals surface area contributed by atoms with Crippen LogP contribution >= 0.6 is 0 Å². The zero-order chi connectivity index (χ0) is 17.2. The maximum Gasteiger partial charge on any atom is 0.260 e. The van der Waals surface area contributed by atoms with E-state index in [4.69, 9.17) is 9.47 Å². The van der Waals surface area contributed by atoms with E-state index in [9.17, 15) is 4.79 Å². The van der Waals surface area contributed by atoms with Crippen LogP contribution in [-0.4, -0.2) is 33.9 Å². The molecule has 0 fully saturated rings. The molecule has 3 aromatic rings. The number of carbonyl (C=O) groups is 1. The number of pyridine rings is 1. The van der Waals surface area contributed by atoms with Gasteiger partial charge < -0.3 is 14.8 Å². The molecule has 25 heavy (non-hydrogen) atoms. The van der Waals surface area contributed by atoms with Gasteiger partial charge in [0.25, 0.3) is 5.91 Å². The van der Waals surface area contributed by atoms with E-state index in [1.807, 2.05) is 18.2 Å². The Kier molecular flexibility index (Phi) is 3.81. The molecule has 1 amide bonds. The minimum Gasteiger partial charge on any atom is -0.486 e. The summed E-state index contributed by atoms with van der Waals surface area (Å²) in [7, 11) is 1.77. The third kappa shape index (κ3) is 2.91. The second-order valence-electron chi connectivity index (χ2n) is 5.54. The van der Waals surface area contributed by atoms with Crippen molar-refractivity contribution >= 4 is 11.7 Å². The number of para-hydroxylation sites is 1. The minimum absolute atomic E-state index is 0.280. The highest BCUT2D eigenvalue weighted by atomic mass is 16.6. The quantitative estimate of drug-likeness (QED) is 0.795. The summed E-state index contributed by atoms with van der Waals surface area (Å²) in [5.41, 5.74) is 1.86. The van der Waals surface area contributed by atoms with Crippen molar-refractivity contribution in [3.8, 4) is 22.9 Å². The molecule has 1 aliphatic rings. The minimum atomic E-state index is -0.280. The van der Waals surface area contributed by atoms with E-state index in [0.717, 1.165) is 5.69 Å². The summed E-state index contributed by atoms with van der Waals surface area (Å²) in [5.74, 6) is 1.34. The molecule has 0 atom stereocenters. The number of hydrogen-bond acceptors (Lipinski definition) is 5. The average molecular weight is 336 g/mol. The van der Waals surface area contributed by atoms with Crippen molar-refractivity contribution in [2.75, 3.05) is 18.5 Å². The first-order valence-electron chi connectivity index (χ1n) is 7.88. The van der Waals surface area contributed by atoms with Gasteiger partial charge in [-0.1, -0.05) is 12.1 Å². The van der Waals surface area contributed by atoms with Gasteiger partial charge in [0, 0.05) is 19.3 Å². The van der Waals surface area contributed by atoms with Crippen LogP contribution in [0.1, 0.15) is 10.4 Å². The number of rotatable bonds is 3. The molecule has 1 aromatic carbocycles. The molecule has 1 N–H and O–H groups in total. The van der Waals surface area contributed by atoms with Crippen LogP contribution in [-0.2, 0) is 7.05 Å². The third-order valence-electron chi connectivity index (χ3n) is 3.86. The number of aromatic nitrogens is 3. The maximum atomic E-state index is 12.7. The number of benzene rings is 1. The Bertz CT molecular complexity index is 921. The molecule has 0 aliphatic carbocycles. The molecule has 0 bridgehead atoms. The van der Waals surface area contributed by atoms with Gasteiger partial charge in [0.15, 0.2) is 11.5 Å². The molecule has 0 saturated carbocycles. The lowest BCUT2D eigenvalue weighted by atomic mass is 10.1. The van der Waals surface area contributed by atoms with Crippen molar-refractivity contribution in [3.05, 3.63) is 54.2 Å². The highest BCUT2D eigenvalue weighted by molar-refractivity contribution is 6.06. The number of carbonyl (C=O) groups excluding carboxylic acids is 1. The zero-order valence-electron chi connectivity index (χ0n) is 13.6. The van der Waals surface area contributed by atoms with Crippen molar-refractivity contribution in [2.45, 2.75) is 0 Å². The van der Waals surface area contributed by atoms with E-state index < -0.39 is 0 Å². The van der Waals surface area contributed by atoms with Crippen molar-refractivity contribution < 1.29 is 14.3 Å². The van der Waals surface area contributed by atoms with E-state index >= 15 is 0 Å². The van der Waals surface area contributed by atoms with Crippen LogP contribution in [0.25, 0.3) is 11.4 Å². The first kappa shape index (κ1) is 15.2. The fraction of sp³-hybridized carbons (Fsp3) is 0.167. The molecular formula is C18H16N4O3. The van der Waals surface area contributed by atoms with Crippen molar-refractivity contribution in [2.24, 2.45) is 7.05 Å². The van der Waals surface area contributed by atoms with Crippen LogP contribution in [0.15, 0.2) is 48.7 Å². The van der Waals surface area contributed by atoms with Gasteiger partial charge >= 0.3 is 0 Å². The van der Waals surface area contributed by atoms with Gasteiger partial charge in [-0.2, -0.15) is 5.10 Å². The van der Waals surface area contributed by atoms with Gasteiger partial charge in [-0.3, -0.25) is 14.5 Å². The largest absolute Gasteiger partial charge is 0.486 e. The Labute approximate surface area is 144 Å². The summed E-state index contributed by atoms with van der Waals surface area (Å²) in [6, 6.07) is 12.6. The topological polar surface area (TPSA) is 78.3 Å². The monoisotopic (exact) mass is 336 g/mol. The first-order chi connectivity index (χ1) is 12.2. The maximum absolute atomic E-state index is 12.7. The Morgan fingerprint density at radius 1 is 1.12 bits per heavy atom. The lowest BCUT2D eigenvalue weighted by Gasteiger charge is -2.20. The number of aryl methyl sites for hydroxylation is 1. The summed E-state index contributed by atoms with van der Waals surface area (Å²) in [6.07, 6.45) is 1.70.